The molecule has 0 bridgehead atoms. The molecule has 1 unspecified atom stereocenters. The Morgan fingerprint density at radius 1 is 1.67 bits per heavy atom. The molecule has 0 aliphatic rings. The van der Waals surface area contributed by atoms with E-state index in [0.29, 0.717) is 0 Å². The molecule has 0 aromatic heterocycles. The van der Waals surface area contributed by atoms with Crippen LogP contribution in [0.3, 0.4) is 0 Å². The minimum Gasteiger partial charge on any atom is -0.162 e. The summed E-state index contributed by atoms with van der Waals surface area (Å²) in [5.74, 6) is 3.33. The number of allylic oxidation sites excluding steroid dienone is 1. The molecule has 0 aliphatic carbocycles. The van der Waals surface area contributed by atoms with Gasteiger partial charge in [0.25, 0.3) is 0 Å². The first-order valence-corrected chi connectivity index (χ1v) is 4.65. The van der Waals surface area contributed by atoms with Crippen LogP contribution >= 0.6 is 11.8 Å². The van der Waals surface area contributed by atoms with Crippen LogP contribution in [0.1, 0.15) is 20.3 Å². The van der Waals surface area contributed by atoms with Crippen molar-refractivity contribution in [1.29, 1.82) is 0 Å². The fraction of sp³-hybridized carbons (Fsp3) is 0.750. The SMILES string of the molecule is C=CCC(C)CSCC. The van der Waals surface area contributed by atoms with E-state index < -0.39 is 0 Å². The van der Waals surface area contributed by atoms with Crippen molar-refractivity contribution in [1.82, 2.24) is 0 Å². The van der Waals surface area contributed by atoms with Crippen molar-refractivity contribution in [3.63, 3.8) is 0 Å². The average Bonchev–Trinajstić information content (AvgIpc) is 1.85. The molecule has 0 nitrogen and oxygen atoms in total. The third-order valence-corrected chi connectivity index (χ3v) is 2.39. The van der Waals surface area contributed by atoms with Crippen molar-refractivity contribution < 1.29 is 0 Å². The number of hydrogen-bond donors (Lipinski definition) is 0. The Hall–Kier alpha value is 0.0900. The Morgan fingerprint density at radius 3 is 2.78 bits per heavy atom. The molecule has 0 spiro atoms. The van der Waals surface area contributed by atoms with Gasteiger partial charge in [-0.15, -0.1) is 6.58 Å². The molecular formula is C8H16S. The molecular weight excluding hydrogens is 128 g/mol. The second-order valence-corrected chi connectivity index (χ2v) is 3.61. The predicted molar refractivity (Wildman–Crippen MR) is 47.0 cm³/mol. The van der Waals surface area contributed by atoms with E-state index in [-0.39, 0.29) is 0 Å². The van der Waals surface area contributed by atoms with Gasteiger partial charge in [0.15, 0.2) is 0 Å². The first-order chi connectivity index (χ1) is 4.31. The van der Waals surface area contributed by atoms with E-state index in [1.54, 1.807) is 0 Å². The van der Waals surface area contributed by atoms with Crippen molar-refractivity contribution in [3.05, 3.63) is 12.7 Å². The second-order valence-electron chi connectivity index (χ2n) is 2.29. The van der Waals surface area contributed by atoms with E-state index in [1.807, 2.05) is 17.8 Å². The normalized spacial score (nSPS) is 13.1. The fourth-order valence-electron chi connectivity index (χ4n) is 0.672. The van der Waals surface area contributed by atoms with E-state index in [9.17, 15) is 0 Å². The lowest BCUT2D eigenvalue weighted by Crippen LogP contribution is -1.95. The Kier molecular flexibility index (Phi) is 6.28. The molecule has 9 heavy (non-hydrogen) atoms. The molecule has 0 rings (SSSR count). The number of hydrogen-bond acceptors (Lipinski definition) is 1. The molecule has 0 aromatic carbocycles. The average molecular weight is 144 g/mol. The molecule has 1 atom stereocenters. The standard InChI is InChI=1S/C8H16S/c1-4-6-8(3)7-9-5-2/h4,8H,1,5-7H2,2-3H3. The fourth-order valence-corrected chi connectivity index (χ4v) is 1.45. The summed E-state index contributed by atoms with van der Waals surface area (Å²) in [6, 6.07) is 0. The van der Waals surface area contributed by atoms with E-state index in [0.717, 1.165) is 12.3 Å². The topological polar surface area (TPSA) is 0 Å². The van der Waals surface area contributed by atoms with Gasteiger partial charge in [0, 0.05) is 0 Å². The molecule has 0 fully saturated rings. The first-order valence-electron chi connectivity index (χ1n) is 3.49. The van der Waals surface area contributed by atoms with E-state index in [4.69, 9.17) is 0 Å². The highest BCUT2D eigenvalue weighted by Gasteiger charge is 1.96. The highest BCUT2D eigenvalue weighted by Crippen LogP contribution is 2.10. The van der Waals surface area contributed by atoms with Crippen molar-refractivity contribution in [3.8, 4) is 0 Å². The lowest BCUT2D eigenvalue weighted by molar-refractivity contribution is 0.677. The Balaban J connectivity index is 3.04. The molecule has 54 valence electrons. The summed E-state index contributed by atoms with van der Waals surface area (Å²) in [5, 5.41) is 0. The van der Waals surface area contributed by atoms with Crippen LogP contribution in [-0.2, 0) is 0 Å². The van der Waals surface area contributed by atoms with Crippen molar-refractivity contribution >= 4 is 11.8 Å². The third kappa shape index (κ3) is 5.97. The maximum atomic E-state index is 3.70. The van der Waals surface area contributed by atoms with Crippen molar-refractivity contribution in [2.45, 2.75) is 20.3 Å². The molecule has 1 heteroatoms. The van der Waals surface area contributed by atoms with Crippen LogP contribution in [0.2, 0.25) is 0 Å². The zero-order chi connectivity index (χ0) is 7.11. The summed E-state index contributed by atoms with van der Waals surface area (Å²) in [7, 11) is 0. The van der Waals surface area contributed by atoms with Crippen LogP contribution in [0.25, 0.3) is 0 Å². The minimum atomic E-state index is 0.812. The van der Waals surface area contributed by atoms with Crippen molar-refractivity contribution in [2.24, 2.45) is 5.92 Å². The third-order valence-electron chi connectivity index (χ3n) is 1.18. The molecule has 0 N–H and O–H groups in total. The van der Waals surface area contributed by atoms with E-state index in [1.165, 1.54) is 11.5 Å². The van der Waals surface area contributed by atoms with E-state index in [2.05, 4.69) is 20.4 Å². The summed E-state index contributed by atoms with van der Waals surface area (Å²) >= 11 is 2.01. The van der Waals surface area contributed by atoms with Gasteiger partial charge in [0.1, 0.15) is 0 Å². The molecule has 0 saturated carbocycles. The molecule has 0 aliphatic heterocycles. The molecule has 0 amide bonds. The summed E-state index contributed by atoms with van der Waals surface area (Å²) < 4.78 is 0. The zero-order valence-corrected chi connectivity index (χ0v) is 7.21. The summed E-state index contributed by atoms with van der Waals surface area (Å²) in [4.78, 5) is 0. The van der Waals surface area contributed by atoms with Gasteiger partial charge in [0.05, 0.1) is 0 Å². The largest absolute Gasteiger partial charge is 0.162 e. The highest BCUT2D eigenvalue weighted by molar-refractivity contribution is 7.99. The molecule has 0 radical (unpaired) electrons. The molecule has 0 aromatic rings. The maximum absolute atomic E-state index is 3.70. The van der Waals surface area contributed by atoms with Crippen LogP contribution in [0.4, 0.5) is 0 Å². The summed E-state index contributed by atoms with van der Waals surface area (Å²) in [6.45, 7) is 8.17. The minimum absolute atomic E-state index is 0.812. The first kappa shape index (κ1) is 9.09. The van der Waals surface area contributed by atoms with Gasteiger partial charge in [-0.05, 0) is 23.8 Å². The van der Waals surface area contributed by atoms with Crippen LogP contribution in [0.5, 0.6) is 0 Å². The maximum Gasteiger partial charge on any atom is -0.00389 e. The lowest BCUT2D eigenvalue weighted by Gasteiger charge is -2.05. The van der Waals surface area contributed by atoms with Crippen LogP contribution in [0, 0.1) is 5.92 Å². The quantitative estimate of drug-likeness (QED) is 0.535. The van der Waals surface area contributed by atoms with Gasteiger partial charge < -0.3 is 0 Å². The molecule has 0 saturated heterocycles. The summed E-state index contributed by atoms with van der Waals surface area (Å²) in [5.41, 5.74) is 0. The smallest absolute Gasteiger partial charge is 0.00389 e. The Labute approximate surface area is 62.7 Å². The van der Waals surface area contributed by atoms with Gasteiger partial charge >= 0.3 is 0 Å². The van der Waals surface area contributed by atoms with Crippen LogP contribution in [-0.4, -0.2) is 11.5 Å². The Morgan fingerprint density at radius 2 is 2.33 bits per heavy atom. The Bertz CT molecular complexity index is 69.0. The van der Waals surface area contributed by atoms with Crippen LogP contribution < -0.4 is 0 Å². The number of rotatable bonds is 5. The van der Waals surface area contributed by atoms with Crippen molar-refractivity contribution in [2.75, 3.05) is 11.5 Å². The lowest BCUT2D eigenvalue weighted by atomic mass is 10.1. The monoisotopic (exact) mass is 144 g/mol. The molecule has 0 heterocycles. The number of thioether (sulfide) groups is 1. The van der Waals surface area contributed by atoms with Crippen LogP contribution in [0.15, 0.2) is 12.7 Å². The van der Waals surface area contributed by atoms with E-state index >= 15 is 0 Å². The van der Waals surface area contributed by atoms with Gasteiger partial charge in [-0.1, -0.05) is 19.9 Å². The zero-order valence-electron chi connectivity index (χ0n) is 6.39. The second kappa shape index (κ2) is 6.21. The van der Waals surface area contributed by atoms with Gasteiger partial charge in [0.2, 0.25) is 0 Å². The van der Waals surface area contributed by atoms with Gasteiger partial charge in [-0.3, -0.25) is 0 Å². The predicted octanol–water partition coefficient (Wildman–Crippen LogP) is 2.95. The highest BCUT2D eigenvalue weighted by atomic mass is 32.2. The summed E-state index contributed by atoms with van der Waals surface area (Å²) in [6.07, 6.45) is 3.16. The van der Waals surface area contributed by atoms with Gasteiger partial charge in [-0.25, -0.2) is 0 Å². The van der Waals surface area contributed by atoms with Gasteiger partial charge in [-0.2, -0.15) is 11.8 Å².